The number of nitrogens with zero attached hydrogens (tertiary/aromatic N) is 2. The van der Waals surface area contributed by atoms with Crippen molar-refractivity contribution in [3.63, 3.8) is 0 Å². The van der Waals surface area contributed by atoms with Crippen LogP contribution in [0.1, 0.15) is 25.2 Å². The predicted octanol–water partition coefficient (Wildman–Crippen LogP) is 2.24. The van der Waals surface area contributed by atoms with Crippen LogP contribution in [0.25, 0.3) is 17.0 Å². The number of primary amides is 1. The van der Waals surface area contributed by atoms with Crippen molar-refractivity contribution in [3.05, 3.63) is 76.3 Å². The molecule has 160 valence electrons. The summed E-state index contributed by atoms with van der Waals surface area (Å²) in [5.41, 5.74) is 6.20. The van der Waals surface area contributed by atoms with Crippen molar-refractivity contribution in [2.24, 2.45) is 5.73 Å². The fourth-order valence-corrected chi connectivity index (χ4v) is 2.98. The molecule has 31 heavy (non-hydrogen) atoms. The van der Waals surface area contributed by atoms with Crippen molar-refractivity contribution >= 4 is 28.8 Å². The van der Waals surface area contributed by atoms with Gasteiger partial charge in [0.1, 0.15) is 11.6 Å². The minimum atomic E-state index is -0.550. The molecular formula is C23H24N4O4. The van der Waals surface area contributed by atoms with Crippen LogP contribution < -0.4 is 16.0 Å². The summed E-state index contributed by atoms with van der Waals surface area (Å²) >= 11 is 0. The maximum absolute atomic E-state index is 12.8. The van der Waals surface area contributed by atoms with Crippen LogP contribution in [0.3, 0.4) is 0 Å². The molecule has 3 N–H and O–H groups in total. The molecule has 0 fully saturated rings. The Morgan fingerprint density at radius 2 is 1.87 bits per heavy atom. The maximum Gasteiger partial charge on any atom is 0.258 e. The summed E-state index contributed by atoms with van der Waals surface area (Å²) in [6, 6.07) is 13.9. The van der Waals surface area contributed by atoms with Crippen LogP contribution in [0, 0.1) is 0 Å². The Balaban J connectivity index is 1.72. The number of carbonyl (C=O) groups excluding carboxylic acids is 2. The number of carbonyl (C=O) groups is 2. The van der Waals surface area contributed by atoms with Gasteiger partial charge in [-0.1, -0.05) is 24.3 Å². The number of benzene rings is 2. The minimum absolute atomic E-state index is 0.0986. The molecule has 0 aliphatic rings. The monoisotopic (exact) mass is 420 g/mol. The van der Waals surface area contributed by atoms with Gasteiger partial charge in [-0.2, -0.15) is 0 Å². The summed E-state index contributed by atoms with van der Waals surface area (Å²) in [6.45, 7) is 3.79. The number of aromatic nitrogens is 2. The first-order valence-electron chi connectivity index (χ1n) is 9.81. The maximum atomic E-state index is 12.8. The molecule has 3 aromatic rings. The quantitative estimate of drug-likeness (QED) is 0.542. The van der Waals surface area contributed by atoms with E-state index in [2.05, 4.69) is 9.97 Å². The zero-order valence-corrected chi connectivity index (χ0v) is 17.4. The molecule has 3 rings (SSSR count). The summed E-state index contributed by atoms with van der Waals surface area (Å²) in [5.74, 6) is 0.179. The zero-order chi connectivity index (χ0) is 22.4. The van der Waals surface area contributed by atoms with Crippen molar-refractivity contribution in [1.29, 1.82) is 0 Å². The number of fused-ring (bicyclic) bond motifs is 1. The van der Waals surface area contributed by atoms with E-state index in [-0.39, 0.29) is 30.7 Å². The summed E-state index contributed by atoms with van der Waals surface area (Å²) in [7, 11) is 0. The van der Waals surface area contributed by atoms with Gasteiger partial charge in [0.15, 0.2) is 6.61 Å². The largest absolute Gasteiger partial charge is 0.484 e. The van der Waals surface area contributed by atoms with Gasteiger partial charge < -0.3 is 20.4 Å². The second-order valence-corrected chi connectivity index (χ2v) is 7.25. The third-order valence-corrected chi connectivity index (χ3v) is 4.57. The lowest BCUT2D eigenvalue weighted by Gasteiger charge is -2.25. The number of nitrogens with two attached hydrogens (primary N) is 1. The molecule has 1 aromatic heterocycles. The van der Waals surface area contributed by atoms with Crippen LogP contribution in [0.2, 0.25) is 0 Å². The molecule has 2 amide bonds. The van der Waals surface area contributed by atoms with E-state index in [0.717, 1.165) is 5.56 Å². The van der Waals surface area contributed by atoms with Gasteiger partial charge in [0.2, 0.25) is 5.91 Å². The highest BCUT2D eigenvalue weighted by Gasteiger charge is 2.17. The smallest absolute Gasteiger partial charge is 0.258 e. The number of H-pyrrole nitrogens is 1. The number of aromatic amines is 1. The van der Waals surface area contributed by atoms with Gasteiger partial charge in [0, 0.05) is 12.1 Å². The molecule has 8 nitrogen and oxygen atoms in total. The van der Waals surface area contributed by atoms with E-state index in [1.54, 1.807) is 53.4 Å². The third-order valence-electron chi connectivity index (χ3n) is 4.57. The first kappa shape index (κ1) is 21.8. The van der Waals surface area contributed by atoms with Crippen LogP contribution >= 0.6 is 0 Å². The van der Waals surface area contributed by atoms with Gasteiger partial charge in [-0.15, -0.1) is 0 Å². The first-order chi connectivity index (χ1) is 14.8. The van der Waals surface area contributed by atoms with E-state index in [4.69, 9.17) is 10.5 Å². The summed E-state index contributed by atoms with van der Waals surface area (Å²) in [5, 5.41) is 0.511. The molecule has 8 heteroatoms. The number of nitrogens with one attached hydrogen (secondary N) is 1. The Kier molecular flexibility index (Phi) is 6.81. The highest BCUT2D eigenvalue weighted by molar-refractivity contribution is 5.92. The average molecular weight is 420 g/mol. The number of hydrogen-bond donors (Lipinski definition) is 2. The summed E-state index contributed by atoms with van der Waals surface area (Å²) in [6.07, 6.45) is 3.16. The van der Waals surface area contributed by atoms with Crippen LogP contribution in [-0.2, 0) is 16.1 Å². The lowest BCUT2D eigenvalue weighted by molar-refractivity contribution is -0.128. The molecule has 0 saturated heterocycles. The van der Waals surface area contributed by atoms with E-state index in [1.807, 2.05) is 19.9 Å². The third kappa shape index (κ3) is 5.79. The molecule has 0 aliphatic heterocycles. The van der Waals surface area contributed by atoms with Gasteiger partial charge in [-0.05, 0) is 49.8 Å². The number of ether oxygens (including phenoxy) is 1. The molecule has 0 aliphatic carbocycles. The van der Waals surface area contributed by atoms with Crippen LogP contribution in [-0.4, -0.2) is 39.3 Å². The van der Waals surface area contributed by atoms with Crippen LogP contribution in [0.15, 0.2) is 59.4 Å². The van der Waals surface area contributed by atoms with Crippen molar-refractivity contribution in [2.75, 3.05) is 6.61 Å². The van der Waals surface area contributed by atoms with E-state index in [1.165, 1.54) is 6.08 Å². The Morgan fingerprint density at radius 1 is 1.16 bits per heavy atom. The molecule has 1 heterocycles. The van der Waals surface area contributed by atoms with Gasteiger partial charge in [-0.3, -0.25) is 14.4 Å². The van der Waals surface area contributed by atoms with Gasteiger partial charge >= 0.3 is 0 Å². The second kappa shape index (κ2) is 9.71. The van der Waals surface area contributed by atoms with Crippen LogP contribution in [0.4, 0.5) is 0 Å². The zero-order valence-electron chi connectivity index (χ0n) is 17.4. The second-order valence-electron chi connectivity index (χ2n) is 7.25. The van der Waals surface area contributed by atoms with Crippen molar-refractivity contribution < 1.29 is 14.3 Å². The molecular weight excluding hydrogens is 396 g/mol. The van der Waals surface area contributed by atoms with Gasteiger partial charge in [0.05, 0.1) is 17.4 Å². The molecule has 0 bridgehead atoms. The Bertz CT molecular complexity index is 1170. The Morgan fingerprint density at radius 3 is 2.55 bits per heavy atom. The summed E-state index contributed by atoms with van der Waals surface area (Å²) in [4.78, 5) is 44.7. The molecule has 0 radical (unpaired) electrons. The fraction of sp³-hybridized carbons (Fsp3) is 0.217. The van der Waals surface area contributed by atoms with Gasteiger partial charge in [-0.25, -0.2) is 4.98 Å². The molecule has 0 atom stereocenters. The number of para-hydroxylation sites is 1. The van der Waals surface area contributed by atoms with E-state index < -0.39 is 5.91 Å². The highest BCUT2D eigenvalue weighted by Crippen LogP contribution is 2.14. The number of hydrogen-bond acceptors (Lipinski definition) is 5. The SMILES string of the molecule is CC(C)N(Cc1nc2ccccc2c(=O)[nH]1)C(=O)/C=C/c1ccc(OCC(N)=O)cc1. The molecule has 0 unspecified atom stereocenters. The standard InChI is InChI=1S/C23H24N4O4/c1-15(2)27(13-21-25-19-6-4-3-5-18(19)23(30)26-21)22(29)12-9-16-7-10-17(11-8-16)31-14-20(24)28/h3-12,15H,13-14H2,1-2H3,(H2,24,28)(H,25,26,30)/b12-9+. The molecule has 0 spiro atoms. The summed E-state index contributed by atoms with van der Waals surface area (Å²) < 4.78 is 5.21. The van der Waals surface area contributed by atoms with Gasteiger partial charge in [0.25, 0.3) is 11.5 Å². The minimum Gasteiger partial charge on any atom is -0.484 e. The molecule has 0 saturated carbocycles. The number of rotatable bonds is 8. The Hall–Kier alpha value is -3.94. The topological polar surface area (TPSA) is 118 Å². The lowest BCUT2D eigenvalue weighted by atomic mass is 10.2. The first-order valence-corrected chi connectivity index (χ1v) is 9.81. The van der Waals surface area contributed by atoms with Crippen molar-refractivity contribution in [3.8, 4) is 5.75 Å². The number of amides is 2. The van der Waals surface area contributed by atoms with Crippen LogP contribution in [0.5, 0.6) is 5.75 Å². The Labute approximate surface area is 179 Å². The van der Waals surface area contributed by atoms with E-state index >= 15 is 0 Å². The highest BCUT2D eigenvalue weighted by atomic mass is 16.5. The fourth-order valence-electron chi connectivity index (χ4n) is 2.98. The molecule has 2 aromatic carbocycles. The van der Waals surface area contributed by atoms with E-state index in [9.17, 15) is 14.4 Å². The predicted molar refractivity (Wildman–Crippen MR) is 118 cm³/mol. The lowest BCUT2D eigenvalue weighted by Crippen LogP contribution is -2.36. The van der Waals surface area contributed by atoms with Crippen molar-refractivity contribution in [2.45, 2.75) is 26.4 Å². The normalized spacial score (nSPS) is 11.2. The van der Waals surface area contributed by atoms with E-state index in [0.29, 0.717) is 22.5 Å². The van der Waals surface area contributed by atoms with Crippen molar-refractivity contribution in [1.82, 2.24) is 14.9 Å². The average Bonchev–Trinajstić information content (AvgIpc) is 2.75.